The van der Waals surface area contributed by atoms with Gasteiger partial charge in [-0.3, -0.25) is 0 Å². The lowest BCUT2D eigenvalue weighted by atomic mass is 10.3. The van der Waals surface area contributed by atoms with Crippen molar-refractivity contribution in [2.75, 3.05) is 6.54 Å². The van der Waals surface area contributed by atoms with Crippen LogP contribution in [-0.2, 0) is 0 Å². The number of hydrogen-bond acceptors (Lipinski definition) is 2. The van der Waals surface area contributed by atoms with Crippen molar-refractivity contribution in [1.82, 2.24) is 0 Å². The van der Waals surface area contributed by atoms with Gasteiger partial charge in [0.15, 0.2) is 0 Å². The van der Waals surface area contributed by atoms with Crippen LogP contribution in [0.3, 0.4) is 0 Å². The van der Waals surface area contributed by atoms with Gasteiger partial charge in [-0.1, -0.05) is 11.2 Å². The van der Waals surface area contributed by atoms with E-state index in [2.05, 4.69) is 16.6 Å². The zero-order valence-corrected chi connectivity index (χ0v) is 4.49. The minimum absolute atomic E-state index is 0.203. The molecule has 0 aromatic heterocycles. The number of azide groups is 1. The summed E-state index contributed by atoms with van der Waals surface area (Å²) in [5.74, 6) is 0. The third-order valence-electron chi connectivity index (χ3n) is 0.658. The molecule has 0 spiro atoms. The highest BCUT2D eigenvalue weighted by atomic mass is 15.1. The molecule has 0 radical (unpaired) electrons. The van der Waals surface area contributed by atoms with Crippen molar-refractivity contribution in [3.63, 3.8) is 0 Å². The van der Waals surface area contributed by atoms with Gasteiger partial charge in [0.2, 0.25) is 0 Å². The van der Waals surface area contributed by atoms with Crippen LogP contribution < -0.4 is 5.73 Å². The summed E-state index contributed by atoms with van der Waals surface area (Å²) in [6.45, 7) is 3.70. The quantitative estimate of drug-likeness (QED) is 0.249. The number of nitrogens with two attached hydrogens (primary N) is 1. The Labute approximate surface area is 47.6 Å². The van der Waals surface area contributed by atoms with Crippen molar-refractivity contribution in [2.24, 2.45) is 10.8 Å². The molecule has 0 bridgehead atoms. The van der Waals surface area contributed by atoms with Crippen LogP contribution in [0.5, 0.6) is 0 Å². The first-order valence-corrected chi connectivity index (χ1v) is 2.20. The lowest BCUT2D eigenvalue weighted by Crippen LogP contribution is -2.19. The van der Waals surface area contributed by atoms with Gasteiger partial charge in [-0.15, -0.1) is 6.58 Å². The third kappa shape index (κ3) is 3.21. The first-order valence-electron chi connectivity index (χ1n) is 2.20. The molecule has 1 atom stereocenters. The van der Waals surface area contributed by atoms with Gasteiger partial charge < -0.3 is 5.73 Å². The fraction of sp³-hybridized carbons (Fsp3) is 0.500. The maximum atomic E-state index is 7.78. The largest absolute Gasteiger partial charge is 0.324 e. The van der Waals surface area contributed by atoms with Crippen LogP contribution in [0.25, 0.3) is 10.4 Å². The number of rotatable bonds is 3. The molecule has 0 saturated heterocycles. The topological polar surface area (TPSA) is 74.8 Å². The molecule has 4 heteroatoms. The standard InChI is InChI=1S/C4H8N4/c1-2-4(5)3-7-8-6/h2,4H,1,3,5H2/t4-/m0/s1. The van der Waals surface area contributed by atoms with Gasteiger partial charge in [0, 0.05) is 17.5 Å². The predicted molar refractivity (Wildman–Crippen MR) is 32.2 cm³/mol. The first kappa shape index (κ1) is 7.01. The zero-order chi connectivity index (χ0) is 6.41. The molecule has 0 aromatic rings. The van der Waals surface area contributed by atoms with Crippen LogP contribution in [0, 0.1) is 0 Å². The van der Waals surface area contributed by atoms with E-state index in [0.29, 0.717) is 6.54 Å². The smallest absolute Gasteiger partial charge is 0.0445 e. The molecule has 8 heavy (non-hydrogen) atoms. The lowest BCUT2D eigenvalue weighted by molar-refractivity contribution is 0.820. The molecular weight excluding hydrogens is 104 g/mol. The van der Waals surface area contributed by atoms with Crippen LogP contribution in [0.15, 0.2) is 17.8 Å². The summed E-state index contributed by atoms with van der Waals surface area (Å²) in [5, 5.41) is 3.23. The average Bonchev–Trinajstić information content (AvgIpc) is 1.83. The Morgan fingerprint density at radius 3 is 3.00 bits per heavy atom. The second kappa shape index (κ2) is 4.18. The summed E-state index contributed by atoms with van der Waals surface area (Å²) in [4.78, 5) is 2.52. The fourth-order valence-electron chi connectivity index (χ4n) is 0.205. The van der Waals surface area contributed by atoms with Crippen molar-refractivity contribution >= 4 is 0 Å². The van der Waals surface area contributed by atoms with Gasteiger partial charge in [0.25, 0.3) is 0 Å². The highest BCUT2D eigenvalue weighted by molar-refractivity contribution is 4.83. The van der Waals surface area contributed by atoms with Crippen molar-refractivity contribution < 1.29 is 0 Å². The third-order valence-corrected chi connectivity index (χ3v) is 0.658. The Kier molecular flexibility index (Phi) is 3.66. The molecule has 0 rings (SSSR count). The van der Waals surface area contributed by atoms with E-state index in [4.69, 9.17) is 11.3 Å². The van der Waals surface area contributed by atoms with Gasteiger partial charge >= 0.3 is 0 Å². The monoisotopic (exact) mass is 112 g/mol. The molecule has 44 valence electrons. The summed E-state index contributed by atoms with van der Waals surface area (Å²) in [6.07, 6.45) is 1.54. The lowest BCUT2D eigenvalue weighted by Gasteiger charge is -1.95. The van der Waals surface area contributed by atoms with Crippen molar-refractivity contribution in [3.05, 3.63) is 23.1 Å². The van der Waals surface area contributed by atoms with Gasteiger partial charge in [-0.2, -0.15) is 0 Å². The SMILES string of the molecule is C=C[C@H](N)CN=[N+]=[N-]. The molecule has 2 N–H and O–H groups in total. The van der Waals surface area contributed by atoms with Gasteiger partial charge in [-0.05, 0) is 5.53 Å². The zero-order valence-electron chi connectivity index (χ0n) is 4.49. The minimum atomic E-state index is -0.203. The van der Waals surface area contributed by atoms with E-state index < -0.39 is 0 Å². The summed E-state index contributed by atoms with van der Waals surface area (Å²) in [5.41, 5.74) is 13.1. The molecule has 0 amide bonds. The van der Waals surface area contributed by atoms with Crippen LogP contribution in [0.1, 0.15) is 0 Å². The Hall–Kier alpha value is -0.990. The molecule has 0 fully saturated rings. The van der Waals surface area contributed by atoms with Gasteiger partial charge in [0.05, 0.1) is 0 Å². The van der Waals surface area contributed by atoms with E-state index in [1.165, 1.54) is 6.08 Å². The Morgan fingerprint density at radius 2 is 2.62 bits per heavy atom. The molecule has 0 aliphatic rings. The fourth-order valence-corrected chi connectivity index (χ4v) is 0.205. The minimum Gasteiger partial charge on any atom is -0.324 e. The van der Waals surface area contributed by atoms with Gasteiger partial charge in [-0.25, -0.2) is 0 Å². The van der Waals surface area contributed by atoms with Crippen LogP contribution in [0.2, 0.25) is 0 Å². The molecule has 4 nitrogen and oxygen atoms in total. The number of nitrogens with zero attached hydrogens (tertiary/aromatic N) is 3. The second-order valence-electron chi connectivity index (χ2n) is 1.31. The van der Waals surface area contributed by atoms with Crippen molar-refractivity contribution in [1.29, 1.82) is 0 Å². The molecule has 0 aliphatic carbocycles. The van der Waals surface area contributed by atoms with E-state index in [-0.39, 0.29) is 6.04 Å². The van der Waals surface area contributed by atoms with Crippen molar-refractivity contribution in [3.8, 4) is 0 Å². The summed E-state index contributed by atoms with van der Waals surface area (Å²) in [6, 6.07) is -0.203. The number of hydrogen-bond donors (Lipinski definition) is 1. The van der Waals surface area contributed by atoms with E-state index in [0.717, 1.165) is 0 Å². The molecule has 0 aliphatic heterocycles. The van der Waals surface area contributed by atoms with E-state index >= 15 is 0 Å². The molecule has 0 heterocycles. The molecule has 0 saturated carbocycles. The van der Waals surface area contributed by atoms with E-state index in [1.807, 2.05) is 0 Å². The maximum Gasteiger partial charge on any atom is 0.0445 e. The summed E-state index contributed by atoms with van der Waals surface area (Å²) in [7, 11) is 0. The highest BCUT2D eigenvalue weighted by Gasteiger charge is 1.88. The normalized spacial score (nSPS) is 11.6. The first-order chi connectivity index (χ1) is 3.81. The maximum absolute atomic E-state index is 7.78. The van der Waals surface area contributed by atoms with E-state index in [1.54, 1.807) is 0 Å². The average molecular weight is 112 g/mol. The molecule has 0 aromatic carbocycles. The van der Waals surface area contributed by atoms with Gasteiger partial charge in [0.1, 0.15) is 0 Å². The predicted octanol–water partition coefficient (Wildman–Crippen LogP) is 0.810. The molecular formula is C4H8N4. The second-order valence-corrected chi connectivity index (χ2v) is 1.31. The van der Waals surface area contributed by atoms with Crippen LogP contribution >= 0.6 is 0 Å². The summed E-state index contributed by atoms with van der Waals surface area (Å²) >= 11 is 0. The van der Waals surface area contributed by atoms with Crippen LogP contribution in [0.4, 0.5) is 0 Å². The van der Waals surface area contributed by atoms with E-state index in [9.17, 15) is 0 Å². The van der Waals surface area contributed by atoms with Crippen LogP contribution in [-0.4, -0.2) is 12.6 Å². The highest BCUT2D eigenvalue weighted by Crippen LogP contribution is 1.79. The summed E-state index contributed by atoms with van der Waals surface area (Å²) < 4.78 is 0. The Morgan fingerprint density at radius 1 is 2.00 bits per heavy atom. The Balaban J connectivity index is 3.38. The molecule has 0 unspecified atom stereocenters. The van der Waals surface area contributed by atoms with Crippen molar-refractivity contribution in [2.45, 2.75) is 6.04 Å². The Bertz CT molecular complexity index is 113.